The van der Waals surface area contributed by atoms with Crippen molar-refractivity contribution in [1.29, 1.82) is 0 Å². The first-order chi connectivity index (χ1) is 17.2. The normalized spacial score (nSPS) is 14.7. The zero-order chi connectivity index (χ0) is 24.0. The smallest absolute Gasteiger partial charge is 0.213 e. The fourth-order valence-corrected chi connectivity index (χ4v) is 5.97. The van der Waals surface area contributed by atoms with Crippen molar-refractivity contribution >= 4 is 28.1 Å². The van der Waals surface area contributed by atoms with Crippen molar-refractivity contribution in [1.82, 2.24) is 19.5 Å². The molecule has 2 N–H and O–H groups in total. The van der Waals surface area contributed by atoms with Gasteiger partial charge >= 0.3 is 0 Å². The number of imidazole rings is 1. The Bertz CT molecular complexity index is 1180. The summed E-state index contributed by atoms with van der Waals surface area (Å²) in [5, 5.41) is 24.1. The molecule has 0 aliphatic carbocycles. The van der Waals surface area contributed by atoms with Gasteiger partial charge in [-0.25, -0.2) is 9.50 Å². The van der Waals surface area contributed by atoms with E-state index in [0.29, 0.717) is 5.56 Å². The molecular weight excluding hydrogens is 480 g/mol. The van der Waals surface area contributed by atoms with Gasteiger partial charge in [0, 0.05) is 41.3 Å². The lowest BCUT2D eigenvalue weighted by molar-refractivity contribution is -0.0424. The standard InChI is InChI=1S/C26H30N4O3S2/c31-25(32)21-6-4-19(5-7-21)23-18-30-26(27-23)35-24(28-30)20-8-10-22(11-9-20)33-15-3-1-2-12-29-13-16-34-17-14-29/h4-11,18,25,31-32H,1-3,12-17H2. The minimum atomic E-state index is -1.47. The Hall–Kier alpha value is -2.43. The van der Waals surface area contributed by atoms with Crippen LogP contribution in [0.5, 0.6) is 5.75 Å². The Morgan fingerprint density at radius 1 is 0.914 bits per heavy atom. The third-order valence-corrected chi connectivity index (χ3v) is 8.05. The molecule has 0 atom stereocenters. The van der Waals surface area contributed by atoms with Gasteiger partial charge in [-0.2, -0.15) is 16.9 Å². The number of aliphatic hydroxyl groups is 2. The lowest BCUT2D eigenvalue weighted by Gasteiger charge is -2.25. The van der Waals surface area contributed by atoms with Gasteiger partial charge in [-0.15, -0.1) is 0 Å². The highest BCUT2D eigenvalue weighted by Gasteiger charge is 2.12. The second-order valence-electron chi connectivity index (χ2n) is 8.64. The molecule has 1 fully saturated rings. The third kappa shape index (κ3) is 6.23. The molecule has 0 spiro atoms. The molecule has 184 valence electrons. The van der Waals surface area contributed by atoms with Gasteiger partial charge < -0.3 is 19.8 Å². The van der Waals surface area contributed by atoms with Crippen LogP contribution >= 0.6 is 23.1 Å². The van der Waals surface area contributed by atoms with Crippen LogP contribution in [0, 0.1) is 0 Å². The van der Waals surface area contributed by atoms with Gasteiger partial charge in [0.15, 0.2) is 6.29 Å². The molecule has 0 unspecified atom stereocenters. The largest absolute Gasteiger partial charge is 0.494 e. The summed E-state index contributed by atoms with van der Waals surface area (Å²) in [5.74, 6) is 3.45. The van der Waals surface area contributed by atoms with Crippen molar-refractivity contribution in [3.8, 4) is 27.6 Å². The predicted octanol–water partition coefficient (Wildman–Crippen LogP) is 4.71. The van der Waals surface area contributed by atoms with E-state index >= 15 is 0 Å². The molecule has 0 amide bonds. The van der Waals surface area contributed by atoms with E-state index in [-0.39, 0.29) is 0 Å². The molecular formula is C26H30N4O3S2. The highest BCUT2D eigenvalue weighted by atomic mass is 32.2. The first-order valence-corrected chi connectivity index (χ1v) is 14.0. The molecule has 4 aromatic rings. The van der Waals surface area contributed by atoms with E-state index in [2.05, 4.69) is 26.7 Å². The van der Waals surface area contributed by atoms with E-state index < -0.39 is 6.29 Å². The van der Waals surface area contributed by atoms with Gasteiger partial charge in [-0.05, 0) is 50.1 Å². The van der Waals surface area contributed by atoms with Crippen LogP contribution in [0.4, 0.5) is 0 Å². The number of fused-ring (bicyclic) bond motifs is 1. The van der Waals surface area contributed by atoms with Crippen LogP contribution in [0.2, 0.25) is 0 Å². The Morgan fingerprint density at radius 2 is 1.66 bits per heavy atom. The Balaban J connectivity index is 1.11. The first-order valence-electron chi connectivity index (χ1n) is 12.0. The molecule has 1 aliphatic rings. The van der Waals surface area contributed by atoms with Gasteiger partial charge in [0.2, 0.25) is 4.96 Å². The minimum Gasteiger partial charge on any atom is -0.494 e. The Morgan fingerprint density at radius 3 is 2.37 bits per heavy atom. The Labute approximate surface area is 213 Å². The lowest BCUT2D eigenvalue weighted by Crippen LogP contribution is -2.33. The Kier molecular flexibility index (Phi) is 8.00. The molecule has 0 saturated carbocycles. The van der Waals surface area contributed by atoms with Crippen LogP contribution in [-0.4, -0.2) is 67.5 Å². The maximum absolute atomic E-state index is 9.25. The maximum atomic E-state index is 9.25. The van der Waals surface area contributed by atoms with Gasteiger partial charge in [0.05, 0.1) is 18.5 Å². The number of aromatic nitrogens is 3. The number of benzene rings is 2. The van der Waals surface area contributed by atoms with Crippen LogP contribution in [-0.2, 0) is 0 Å². The van der Waals surface area contributed by atoms with Crippen molar-refractivity contribution in [2.45, 2.75) is 25.6 Å². The van der Waals surface area contributed by atoms with Crippen molar-refractivity contribution in [2.24, 2.45) is 0 Å². The number of unbranched alkanes of at least 4 members (excludes halogenated alkanes) is 2. The summed E-state index contributed by atoms with van der Waals surface area (Å²) in [6.45, 7) is 4.45. The van der Waals surface area contributed by atoms with Gasteiger partial charge in [0.1, 0.15) is 10.8 Å². The van der Waals surface area contributed by atoms with E-state index in [1.807, 2.05) is 42.6 Å². The molecule has 1 aliphatic heterocycles. The molecule has 1 saturated heterocycles. The highest BCUT2D eigenvalue weighted by molar-refractivity contribution is 7.99. The zero-order valence-electron chi connectivity index (χ0n) is 19.5. The zero-order valence-corrected chi connectivity index (χ0v) is 21.2. The third-order valence-electron chi connectivity index (χ3n) is 6.14. The van der Waals surface area contributed by atoms with Crippen molar-refractivity contribution < 1.29 is 14.9 Å². The molecule has 0 radical (unpaired) electrons. The molecule has 3 heterocycles. The molecule has 9 heteroatoms. The van der Waals surface area contributed by atoms with Crippen LogP contribution in [0.15, 0.2) is 54.7 Å². The van der Waals surface area contributed by atoms with E-state index in [9.17, 15) is 10.2 Å². The van der Waals surface area contributed by atoms with Crippen molar-refractivity contribution in [3.63, 3.8) is 0 Å². The summed E-state index contributed by atoms with van der Waals surface area (Å²) in [4.78, 5) is 8.07. The van der Waals surface area contributed by atoms with Crippen LogP contribution in [0.3, 0.4) is 0 Å². The summed E-state index contributed by atoms with van der Waals surface area (Å²) in [6.07, 6.45) is 3.96. The second-order valence-corrected chi connectivity index (χ2v) is 10.8. The molecule has 0 bridgehead atoms. The maximum Gasteiger partial charge on any atom is 0.213 e. The summed E-state index contributed by atoms with van der Waals surface area (Å²) in [7, 11) is 0. The average molecular weight is 511 g/mol. The van der Waals surface area contributed by atoms with E-state index in [1.165, 1.54) is 55.3 Å². The monoisotopic (exact) mass is 510 g/mol. The number of hydrogen-bond acceptors (Lipinski definition) is 8. The highest BCUT2D eigenvalue weighted by Crippen LogP contribution is 2.29. The molecule has 5 rings (SSSR count). The molecule has 35 heavy (non-hydrogen) atoms. The number of hydrogen-bond donors (Lipinski definition) is 2. The van der Waals surface area contributed by atoms with Crippen molar-refractivity contribution in [2.75, 3.05) is 37.7 Å². The number of aliphatic hydroxyl groups excluding tert-OH is 1. The van der Waals surface area contributed by atoms with Gasteiger partial charge in [-0.3, -0.25) is 0 Å². The summed E-state index contributed by atoms with van der Waals surface area (Å²) < 4.78 is 7.73. The van der Waals surface area contributed by atoms with Crippen LogP contribution < -0.4 is 4.74 Å². The summed E-state index contributed by atoms with van der Waals surface area (Å²) in [5.41, 5.74) is 3.19. The van der Waals surface area contributed by atoms with E-state index in [0.717, 1.165) is 45.6 Å². The predicted molar refractivity (Wildman–Crippen MR) is 142 cm³/mol. The number of thioether (sulfide) groups is 1. The molecule has 2 aromatic carbocycles. The second kappa shape index (κ2) is 11.5. The lowest BCUT2D eigenvalue weighted by atomic mass is 10.1. The minimum absolute atomic E-state index is 0.454. The number of rotatable bonds is 10. The summed E-state index contributed by atoms with van der Waals surface area (Å²) in [6, 6.07) is 15.1. The summed E-state index contributed by atoms with van der Waals surface area (Å²) >= 11 is 3.60. The fraction of sp³-hybridized carbons (Fsp3) is 0.385. The topological polar surface area (TPSA) is 83.1 Å². The molecule has 2 aromatic heterocycles. The van der Waals surface area contributed by atoms with Gasteiger partial charge in [0.25, 0.3) is 0 Å². The molecule has 7 nitrogen and oxygen atoms in total. The van der Waals surface area contributed by atoms with Crippen LogP contribution in [0.1, 0.15) is 31.1 Å². The van der Waals surface area contributed by atoms with Crippen molar-refractivity contribution in [3.05, 3.63) is 60.3 Å². The average Bonchev–Trinajstić information content (AvgIpc) is 3.47. The number of ether oxygens (including phenoxy) is 1. The van der Waals surface area contributed by atoms with Crippen LogP contribution in [0.25, 0.3) is 26.8 Å². The SMILES string of the molecule is OC(O)c1ccc(-c2cn3nc(-c4ccc(OCCCCCN5CCSCC5)cc4)sc3n2)cc1. The van der Waals surface area contributed by atoms with E-state index in [4.69, 9.17) is 4.74 Å². The first kappa shape index (κ1) is 24.3. The fourth-order valence-electron chi connectivity index (χ4n) is 4.10. The van der Waals surface area contributed by atoms with Gasteiger partial charge in [-0.1, -0.05) is 35.6 Å². The van der Waals surface area contributed by atoms with E-state index in [1.54, 1.807) is 16.6 Å². The number of nitrogens with zero attached hydrogens (tertiary/aromatic N) is 4. The quantitative estimate of drug-likeness (QED) is 0.236.